The summed E-state index contributed by atoms with van der Waals surface area (Å²) in [5.74, 6) is -0.708. The van der Waals surface area contributed by atoms with Crippen molar-refractivity contribution in [3.05, 3.63) is 0 Å². The van der Waals surface area contributed by atoms with Crippen molar-refractivity contribution in [2.24, 2.45) is 17.3 Å². The van der Waals surface area contributed by atoms with Crippen molar-refractivity contribution in [1.82, 2.24) is 0 Å². The van der Waals surface area contributed by atoms with E-state index in [-0.39, 0.29) is 17.6 Å². The van der Waals surface area contributed by atoms with Crippen LogP contribution in [-0.2, 0) is 9.59 Å². The molecule has 0 spiro atoms. The van der Waals surface area contributed by atoms with Crippen LogP contribution in [0.15, 0.2) is 0 Å². The van der Waals surface area contributed by atoms with Gasteiger partial charge in [0, 0.05) is 11.8 Å². The second-order valence-corrected chi connectivity index (χ2v) is 5.94. The van der Waals surface area contributed by atoms with Crippen molar-refractivity contribution in [1.29, 1.82) is 0 Å². The number of carbonyl (C=O) groups is 2. The topological polar surface area (TPSA) is 54.4 Å². The summed E-state index contributed by atoms with van der Waals surface area (Å²) in [6.07, 6.45) is 9.43. The number of carbonyl (C=O) groups excluding carboxylic acids is 1. The predicted molar refractivity (Wildman–Crippen MR) is 69.3 cm³/mol. The van der Waals surface area contributed by atoms with E-state index in [0.29, 0.717) is 6.42 Å². The van der Waals surface area contributed by atoms with E-state index in [9.17, 15) is 9.59 Å². The van der Waals surface area contributed by atoms with Gasteiger partial charge in [0.1, 0.15) is 5.78 Å². The first kappa shape index (κ1) is 13.6. The molecular weight excluding hydrogens is 228 g/mol. The van der Waals surface area contributed by atoms with Gasteiger partial charge in [-0.05, 0) is 18.8 Å². The van der Waals surface area contributed by atoms with Crippen LogP contribution in [0.25, 0.3) is 0 Å². The highest BCUT2D eigenvalue weighted by Gasteiger charge is 2.73. The van der Waals surface area contributed by atoms with Gasteiger partial charge in [-0.25, -0.2) is 0 Å². The molecule has 18 heavy (non-hydrogen) atoms. The average molecular weight is 252 g/mol. The Hall–Kier alpha value is -0.860. The lowest BCUT2D eigenvalue weighted by Crippen LogP contribution is -2.19. The van der Waals surface area contributed by atoms with Gasteiger partial charge >= 0.3 is 5.97 Å². The Bertz CT molecular complexity index is 337. The maximum absolute atomic E-state index is 12.0. The Kier molecular flexibility index (Phi) is 4.08. The second-order valence-electron chi connectivity index (χ2n) is 5.94. The van der Waals surface area contributed by atoms with Crippen LogP contribution in [-0.4, -0.2) is 16.9 Å². The minimum absolute atomic E-state index is 0.165. The van der Waals surface area contributed by atoms with Gasteiger partial charge in [-0.3, -0.25) is 9.59 Å². The monoisotopic (exact) mass is 252 g/mol. The van der Waals surface area contributed by atoms with E-state index >= 15 is 0 Å². The van der Waals surface area contributed by atoms with Gasteiger partial charge in [0.2, 0.25) is 0 Å². The second kappa shape index (κ2) is 5.41. The summed E-state index contributed by atoms with van der Waals surface area (Å²) in [5.41, 5.74) is -0.434. The SMILES string of the molecule is CCCCCCCC[C@]12C(=O)CC[C@@H]1[C@@H]2C(=O)O. The highest BCUT2D eigenvalue weighted by molar-refractivity contribution is 5.98. The van der Waals surface area contributed by atoms with E-state index in [2.05, 4.69) is 6.92 Å². The number of aliphatic carboxylic acids is 1. The number of unbranched alkanes of at least 4 members (excludes halogenated alkanes) is 5. The van der Waals surface area contributed by atoms with Crippen molar-refractivity contribution < 1.29 is 14.7 Å². The fourth-order valence-electron chi connectivity index (χ4n) is 3.91. The summed E-state index contributed by atoms with van der Waals surface area (Å²) in [6.45, 7) is 2.20. The number of fused-ring (bicyclic) bond motifs is 1. The molecule has 0 aromatic heterocycles. The number of carboxylic acid groups (broad SMARTS) is 1. The van der Waals surface area contributed by atoms with Crippen molar-refractivity contribution >= 4 is 11.8 Å². The molecule has 3 heteroatoms. The molecule has 0 aliphatic heterocycles. The molecule has 0 aromatic rings. The summed E-state index contributed by atoms with van der Waals surface area (Å²) < 4.78 is 0. The lowest BCUT2D eigenvalue weighted by atomic mass is 9.91. The first-order chi connectivity index (χ1) is 8.64. The van der Waals surface area contributed by atoms with Crippen molar-refractivity contribution in [3.63, 3.8) is 0 Å². The molecule has 2 aliphatic rings. The lowest BCUT2D eigenvalue weighted by molar-refractivity contribution is -0.142. The molecule has 0 saturated heterocycles. The Labute approximate surface area is 109 Å². The zero-order chi connectivity index (χ0) is 13.2. The number of hydrogen-bond acceptors (Lipinski definition) is 2. The highest BCUT2D eigenvalue weighted by Crippen LogP contribution is 2.68. The maximum Gasteiger partial charge on any atom is 0.307 e. The van der Waals surface area contributed by atoms with Gasteiger partial charge in [0.25, 0.3) is 0 Å². The van der Waals surface area contributed by atoms with E-state index in [4.69, 9.17) is 5.11 Å². The predicted octanol–water partition coefficient (Wildman–Crippen LogP) is 3.42. The zero-order valence-corrected chi connectivity index (χ0v) is 11.3. The van der Waals surface area contributed by atoms with Crippen LogP contribution >= 0.6 is 0 Å². The van der Waals surface area contributed by atoms with Gasteiger partial charge in [-0.15, -0.1) is 0 Å². The molecule has 0 amide bonds. The van der Waals surface area contributed by atoms with Crippen LogP contribution in [0.5, 0.6) is 0 Å². The molecule has 2 aliphatic carbocycles. The fourth-order valence-corrected chi connectivity index (χ4v) is 3.91. The van der Waals surface area contributed by atoms with Crippen molar-refractivity contribution in [2.45, 2.75) is 64.7 Å². The fraction of sp³-hybridized carbons (Fsp3) is 0.867. The molecule has 1 N–H and O–H groups in total. The molecule has 3 atom stereocenters. The lowest BCUT2D eigenvalue weighted by Gasteiger charge is -2.12. The zero-order valence-electron chi connectivity index (χ0n) is 11.3. The maximum atomic E-state index is 12.0. The number of ketones is 1. The van der Waals surface area contributed by atoms with Gasteiger partial charge in [-0.2, -0.15) is 0 Å². The van der Waals surface area contributed by atoms with Crippen LogP contribution in [0.1, 0.15) is 64.7 Å². The Morgan fingerprint density at radius 1 is 1.28 bits per heavy atom. The molecule has 0 radical (unpaired) electrons. The van der Waals surface area contributed by atoms with E-state index in [0.717, 1.165) is 25.7 Å². The van der Waals surface area contributed by atoms with Gasteiger partial charge < -0.3 is 5.11 Å². The Balaban J connectivity index is 1.77. The first-order valence-electron chi connectivity index (χ1n) is 7.40. The smallest absolute Gasteiger partial charge is 0.307 e. The summed E-state index contributed by atoms with van der Waals surface area (Å²) in [7, 11) is 0. The summed E-state index contributed by atoms with van der Waals surface area (Å²) in [4.78, 5) is 23.1. The Morgan fingerprint density at radius 3 is 2.56 bits per heavy atom. The molecule has 2 saturated carbocycles. The molecule has 2 rings (SSSR count). The number of carboxylic acids is 1. The molecule has 0 bridgehead atoms. The van der Waals surface area contributed by atoms with Gasteiger partial charge in [-0.1, -0.05) is 45.4 Å². The summed E-state index contributed by atoms with van der Waals surface area (Å²) >= 11 is 0. The third-order valence-electron chi connectivity index (χ3n) is 4.92. The van der Waals surface area contributed by atoms with E-state index < -0.39 is 11.4 Å². The normalized spacial score (nSPS) is 33.5. The van der Waals surface area contributed by atoms with Crippen LogP contribution in [0, 0.1) is 17.3 Å². The summed E-state index contributed by atoms with van der Waals surface area (Å²) in [5, 5.41) is 9.16. The van der Waals surface area contributed by atoms with Gasteiger partial charge in [0.15, 0.2) is 0 Å². The standard InChI is InChI=1S/C15H24O3/c1-2-3-4-5-6-7-10-15-11(8-9-12(15)16)13(15)14(17)18/h11,13H,2-10H2,1H3,(H,17,18)/t11-,13-,15-/m1/s1. The highest BCUT2D eigenvalue weighted by atomic mass is 16.4. The van der Waals surface area contributed by atoms with E-state index in [1.807, 2.05) is 0 Å². The largest absolute Gasteiger partial charge is 0.481 e. The molecule has 102 valence electrons. The van der Waals surface area contributed by atoms with Crippen molar-refractivity contribution in [3.8, 4) is 0 Å². The van der Waals surface area contributed by atoms with Gasteiger partial charge in [0.05, 0.1) is 5.92 Å². The minimum atomic E-state index is -0.751. The van der Waals surface area contributed by atoms with Crippen LogP contribution in [0.3, 0.4) is 0 Å². The molecular formula is C15H24O3. The quantitative estimate of drug-likeness (QED) is 0.673. The molecule has 0 unspecified atom stereocenters. The van der Waals surface area contributed by atoms with Crippen LogP contribution in [0.4, 0.5) is 0 Å². The first-order valence-corrected chi connectivity index (χ1v) is 7.40. The van der Waals surface area contributed by atoms with Crippen LogP contribution < -0.4 is 0 Å². The number of rotatable bonds is 8. The van der Waals surface area contributed by atoms with E-state index in [1.54, 1.807) is 0 Å². The Morgan fingerprint density at radius 2 is 1.94 bits per heavy atom. The van der Waals surface area contributed by atoms with E-state index in [1.165, 1.54) is 25.7 Å². The molecule has 0 heterocycles. The number of Topliss-reactive ketones (excluding diaryl/α,β-unsaturated/α-hetero) is 1. The third-order valence-corrected chi connectivity index (χ3v) is 4.92. The summed E-state index contributed by atoms with van der Waals surface area (Å²) in [6, 6.07) is 0. The molecule has 3 nitrogen and oxygen atoms in total. The molecule has 2 fully saturated rings. The molecule has 0 aromatic carbocycles. The average Bonchev–Trinajstić information content (AvgIpc) is 2.90. The van der Waals surface area contributed by atoms with Crippen LogP contribution in [0.2, 0.25) is 0 Å². The third kappa shape index (κ3) is 2.19. The number of hydrogen-bond donors (Lipinski definition) is 1. The minimum Gasteiger partial charge on any atom is -0.481 e. The van der Waals surface area contributed by atoms with Crippen molar-refractivity contribution in [2.75, 3.05) is 0 Å².